The summed E-state index contributed by atoms with van der Waals surface area (Å²) in [6.07, 6.45) is -0.119. The highest BCUT2D eigenvalue weighted by Crippen LogP contribution is 2.26. The molecule has 1 unspecified atom stereocenters. The van der Waals surface area contributed by atoms with Crippen LogP contribution in [0.5, 0.6) is 0 Å². The number of aliphatic hydroxyl groups excluding tert-OH is 1. The molecule has 8 nitrogen and oxygen atoms in total. The standard InChI is InChI=1S/C22H34ClN3O5/c1-21(2,3)30-19(28)25(10-7-11-27)14-16-12-17-15(8-9-18(23)24-17)13-26(16)20(29)31-22(4,5)6/h8-9,16,27H,7,10-14H2,1-6H3. The Morgan fingerprint density at radius 2 is 1.84 bits per heavy atom. The summed E-state index contributed by atoms with van der Waals surface area (Å²) in [6.45, 7) is 11.6. The van der Waals surface area contributed by atoms with Crippen molar-refractivity contribution in [1.29, 1.82) is 0 Å². The van der Waals surface area contributed by atoms with Crippen LogP contribution in [-0.4, -0.2) is 69.0 Å². The Kier molecular flexibility index (Phi) is 8.16. The Bertz CT molecular complexity index is 788. The van der Waals surface area contributed by atoms with E-state index in [1.165, 1.54) is 4.90 Å². The minimum absolute atomic E-state index is 0.0558. The summed E-state index contributed by atoms with van der Waals surface area (Å²) < 4.78 is 11.2. The van der Waals surface area contributed by atoms with Gasteiger partial charge in [0, 0.05) is 31.8 Å². The van der Waals surface area contributed by atoms with E-state index in [2.05, 4.69) is 4.98 Å². The Morgan fingerprint density at radius 1 is 1.19 bits per heavy atom. The molecule has 1 aliphatic rings. The van der Waals surface area contributed by atoms with Crippen molar-refractivity contribution in [2.24, 2.45) is 0 Å². The number of hydrogen-bond donors (Lipinski definition) is 1. The van der Waals surface area contributed by atoms with Crippen molar-refractivity contribution < 1.29 is 24.2 Å². The molecule has 0 saturated carbocycles. The van der Waals surface area contributed by atoms with Gasteiger partial charge in [-0.2, -0.15) is 0 Å². The molecule has 31 heavy (non-hydrogen) atoms. The number of ether oxygens (including phenoxy) is 2. The number of carbonyl (C=O) groups is 2. The fourth-order valence-electron chi connectivity index (χ4n) is 3.27. The van der Waals surface area contributed by atoms with Gasteiger partial charge in [0.25, 0.3) is 0 Å². The summed E-state index contributed by atoms with van der Waals surface area (Å²) in [5, 5.41) is 9.66. The number of pyridine rings is 1. The van der Waals surface area contributed by atoms with E-state index < -0.39 is 23.4 Å². The van der Waals surface area contributed by atoms with Crippen LogP contribution in [0.1, 0.15) is 59.2 Å². The molecule has 9 heteroatoms. The van der Waals surface area contributed by atoms with Gasteiger partial charge in [-0.1, -0.05) is 17.7 Å². The first kappa shape index (κ1) is 25.2. The molecule has 0 spiro atoms. The van der Waals surface area contributed by atoms with Gasteiger partial charge in [-0.05, 0) is 59.6 Å². The first-order valence-corrected chi connectivity index (χ1v) is 10.9. The molecule has 1 aliphatic heterocycles. The minimum atomic E-state index is -0.659. The molecule has 0 aromatic carbocycles. The number of aliphatic hydroxyl groups is 1. The summed E-state index contributed by atoms with van der Waals surface area (Å²) in [5.41, 5.74) is 0.379. The van der Waals surface area contributed by atoms with Crippen LogP contribution in [0.3, 0.4) is 0 Å². The lowest BCUT2D eigenvalue weighted by Crippen LogP contribution is -2.53. The van der Waals surface area contributed by atoms with Gasteiger partial charge in [0.1, 0.15) is 16.4 Å². The van der Waals surface area contributed by atoms with Gasteiger partial charge in [0.05, 0.1) is 12.6 Å². The largest absolute Gasteiger partial charge is 0.444 e. The number of aromatic nitrogens is 1. The minimum Gasteiger partial charge on any atom is -0.444 e. The second-order valence-electron chi connectivity index (χ2n) is 9.71. The number of carbonyl (C=O) groups excluding carboxylic acids is 2. The monoisotopic (exact) mass is 455 g/mol. The van der Waals surface area contributed by atoms with E-state index >= 15 is 0 Å². The highest BCUT2D eigenvalue weighted by molar-refractivity contribution is 6.29. The average molecular weight is 456 g/mol. The van der Waals surface area contributed by atoms with Gasteiger partial charge in [0.2, 0.25) is 0 Å². The van der Waals surface area contributed by atoms with Crippen LogP contribution in [0.15, 0.2) is 12.1 Å². The number of fused-ring (bicyclic) bond motifs is 1. The topological polar surface area (TPSA) is 92.2 Å². The van der Waals surface area contributed by atoms with Gasteiger partial charge in [-0.15, -0.1) is 0 Å². The quantitative estimate of drug-likeness (QED) is 0.674. The molecular formula is C22H34ClN3O5. The Hall–Kier alpha value is -2.06. The number of nitrogens with zero attached hydrogens (tertiary/aromatic N) is 3. The maximum atomic E-state index is 13.0. The van der Waals surface area contributed by atoms with Crippen LogP contribution in [0.25, 0.3) is 0 Å². The molecule has 1 atom stereocenters. The lowest BCUT2D eigenvalue weighted by molar-refractivity contribution is -0.00165. The third-order valence-corrected chi connectivity index (χ3v) is 4.75. The second kappa shape index (κ2) is 10.0. The van der Waals surface area contributed by atoms with Crippen LogP contribution in [0, 0.1) is 0 Å². The molecule has 2 rings (SSSR count). The molecule has 0 fully saturated rings. The van der Waals surface area contributed by atoms with Crippen molar-refractivity contribution in [3.63, 3.8) is 0 Å². The Morgan fingerprint density at radius 3 is 2.42 bits per heavy atom. The van der Waals surface area contributed by atoms with E-state index in [4.69, 9.17) is 21.1 Å². The van der Waals surface area contributed by atoms with Crippen LogP contribution >= 0.6 is 11.6 Å². The predicted octanol–water partition coefficient (Wildman–Crippen LogP) is 4.02. The van der Waals surface area contributed by atoms with Gasteiger partial charge in [0.15, 0.2) is 0 Å². The third kappa shape index (κ3) is 7.85. The zero-order chi connectivity index (χ0) is 23.4. The third-order valence-electron chi connectivity index (χ3n) is 4.54. The van der Waals surface area contributed by atoms with Gasteiger partial charge >= 0.3 is 12.2 Å². The maximum Gasteiger partial charge on any atom is 0.410 e. The van der Waals surface area contributed by atoms with E-state index in [0.717, 1.165) is 11.3 Å². The number of halogens is 1. The zero-order valence-electron chi connectivity index (χ0n) is 19.3. The summed E-state index contributed by atoms with van der Waals surface area (Å²) >= 11 is 6.08. The molecule has 2 amide bonds. The lowest BCUT2D eigenvalue weighted by Gasteiger charge is -2.39. The molecule has 1 aromatic rings. The van der Waals surface area contributed by atoms with Crippen molar-refractivity contribution in [3.8, 4) is 0 Å². The number of amides is 2. The van der Waals surface area contributed by atoms with Crippen LogP contribution < -0.4 is 0 Å². The summed E-state index contributed by atoms with van der Waals surface area (Å²) in [5.74, 6) is 0. The Labute approximate surface area is 189 Å². The molecule has 2 heterocycles. The molecule has 0 bridgehead atoms. The number of hydrogen-bond acceptors (Lipinski definition) is 6. The van der Waals surface area contributed by atoms with E-state index in [1.54, 1.807) is 31.7 Å². The highest BCUT2D eigenvalue weighted by Gasteiger charge is 2.36. The molecule has 0 radical (unpaired) electrons. The van der Waals surface area contributed by atoms with E-state index in [9.17, 15) is 14.7 Å². The maximum absolute atomic E-state index is 13.0. The molecule has 1 aromatic heterocycles. The predicted molar refractivity (Wildman–Crippen MR) is 118 cm³/mol. The molecular weight excluding hydrogens is 422 g/mol. The van der Waals surface area contributed by atoms with E-state index in [0.29, 0.717) is 31.1 Å². The van der Waals surface area contributed by atoms with Crippen LogP contribution in [0.4, 0.5) is 9.59 Å². The fourth-order valence-corrected chi connectivity index (χ4v) is 3.43. The number of rotatable bonds is 5. The molecule has 174 valence electrons. The van der Waals surface area contributed by atoms with Gasteiger partial charge in [-0.3, -0.25) is 4.90 Å². The fraction of sp³-hybridized carbons (Fsp3) is 0.682. The summed E-state index contributed by atoms with van der Waals surface area (Å²) in [7, 11) is 0. The van der Waals surface area contributed by atoms with Crippen molar-refractivity contribution in [2.75, 3.05) is 19.7 Å². The van der Waals surface area contributed by atoms with Crippen molar-refractivity contribution in [2.45, 2.75) is 78.2 Å². The van der Waals surface area contributed by atoms with Crippen molar-refractivity contribution >= 4 is 23.8 Å². The van der Waals surface area contributed by atoms with E-state index in [-0.39, 0.29) is 19.2 Å². The first-order chi connectivity index (χ1) is 14.3. The first-order valence-electron chi connectivity index (χ1n) is 10.5. The lowest BCUT2D eigenvalue weighted by atomic mass is 9.98. The van der Waals surface area contributed by atoms with Crippen molar-refractivity contribution in [3.05, 3.63) is 28.5 Å². The summed E-state index contributed by atoms with van der Waals surface area (Å²) in [6, 6.07) is 3.18. The molecule has 0 saturated heterocycles. The Balaban J connectivity index is 2.31. The van der Waals surface area contributed by atoms with Crippen LogP contribution in [0.2, 0.25) is 5.15 Å². The van der Waals surface area contributed by atoms with Gasteiger partial charge in [-0.25, -0.2) is 14.6 Å². The van der Waals surface area contributed by atoms with E-state index in [1.807, 2.05) is 26.8 Å². The zero-order valence-corrected chi connectivity index (χ0v) is 20.0. The average Bonchev–Trinajstić information content (AvgIpc) is 2.61. The SMILES string of the molecule is CC(C)(C)OC(=O)N(CCCO)CC1Cc2nc(Cl)ccc2CN1C(=O)OC(C)(C)C. The van der Waals surface area contributed by atoms with Gasteiger partial charge < -0.3 is 19.5 Å². The highest BCUT2D eigenvalue weighted by atomic mass is 35.5. The summed E-state index contributed by atoms with van der Waals surface area (Å²) in [4.78, 5) is 33.3. The van der Waals surface area contributed by atoms with Crippen LogP contribution in [-0.2, 0) is 22.4 Å². The normalized spacial score (nSPS) is 16.5. The molecule has 0 aliphatic carbocycles. The smallest absolute Gasteiger partial charge is 0.410 e. The molecule has 1 N–H and O–H groups in total. The van der Waals surface area contributed by atoms with Crippen molar-refractivity contribution in [1.82, 2.24) is 14.8 Å². The second-order valence-corrected chi connectivity index (χ2v) is 10.1.